The number of H-pyrrole nitrogens is 2. The fourth-order valence-corrected chi connectivity index (χ4v) is 8.65. The summed E-state index contributed by atoms with van der Waals surface area (Å²) in [5, 5.41) is 5.87. The van der Waals surface area contributed by atoms with Gasteiger partial charge < -0.3 is 39.5 Å². The van der Waals surface area contributed by atoms with Gasteiger partial charge in [0.05, 0.1) is 75.4 Å². The Balaban J connectivity index is 1.49. The van der Waals surface area contributed by atoms with Crippen molar-refractivity contribution in [2.24, 2.45) is 0 Å². The van der Waals surface area contributed by atoms with Gasteiger partial charge in [0, 0.05) is 72.2 Å². The van der Waals surface area contributed by atoms with Gasteiger partial charge in [0.2, 0.25) is 11.8 Å². The summed E-state index contributed by atoms with van der Waals surface area (Å²) in [6.07, 6.45) is 4.52. The minimum Gasteiger partial charge on any atom is -0.465 e. The molecule has 386 valence electrons. The highest BCUT2D eigenvalue weighted by molar-refractivity contribution is 5.97. The van der Waals surface area contributed by atoms with Crippen LogP contribution in [0.15, 0.2) is 37.4 Å². The van der Waals surface area contributed by atoms with E-state index in [1.165, 1.54) is 0 Å². The second kappa shape index (κ2) is 26.9. The molecule has 0 atom stereocenters. The highest BCUT2D eigenvalue weighted by Crippen LogP contribution is 2.38. The SMILES string of the molecule is C=Cc1c(C)c2cc3[nH]c(cc4nc(cc5nc(cc1[nH]2)C(C)=C5CCC(=O)NCCN(CC(=O)OCC)CC(=O)OCC)C(CCC(=O)NCCN(CC(=O)OCC)CC(=O)OCC)=C4C)c(C)c3C=C. The molecule has 8 bridgehead atoms. The van der Waals surface area contributed by atoms with Crippen molar-refractivity contribution in [1.29, 1.82) is 0 Å². The predicted molar refractivity (Wildman–Crippen MR) is 280 cm³/mol. The van der Waals surface area contributed by atoms with E-state index in [0.717, 1.165) is 66.6 Å². The number of ether oxygens (including phenoxy) is 4. The van der Waals surface area contributed by atoms with Crippen LogP contribution in [0.5, 0.6) is 0 Å². The zero-order chi connectivity index (χ0) is 52.5. The number of nitrogens with zero attached hydrogens (tertiary/aromatic N) is 4. The third-order valence-corrected chi connectivity index (χ3v) is 12.4. The fraction of sp³-hybridized carbons (Fsp3) is 0.444. The minimum absolute atomic E-state index is 0.109. The van der Waals surface area contributed by atoms with Gasteiger partial charge in [-0.25, -0.2) is 9.97 Å². The quantitative estimate of drug-likeness (QED) is 0.0484. The molecule has 18 nitrogen and oxygen atoms in total. The van der Waals surface area contributed by atoms with Crippen molar-refractivity contribution in [1.82, 2.24) is 40.4 Å². The average Bonchev–Trinajstić information content (AvgIpc) is 3.99. The summed E-state index contributed by atoms with van der Waals surface area (Å²) in [7, 11) is 0. The highest BCUT2D eigenvalue weighted by Gasteiger charge is 2.24. The standard InChI is InChI=1S/C54H70N8O10/c1-11-37-33(7)41-25-42-35(9)39(17-19-49(63)55-21-23-61(29-51(65)69-13-3)30-52(66)70-14-4)47(59-42)28-48-40(18-20-50(64)56-22-24-62(31-53(67)71-15-5)32-54(68)72-16-6)36(10)44(60-48)27-46-38(12-2)34(8)43(58-46)26-45(37)57-41/h11-12,25-28,57-58H,1-2,13-24,29-32H2,3-10H3,(H,55,63)(H,56,64). The number of carbonyl (C=O) groups excluding carboxylic acids is 6. The van der Waals surface area contributed by atoms with Crippen molar-refractivity contribution < 1.29 is 47.7 Å². The van der Waals surface area contributed by atoms with E-state index < -0.39 is 23.9 Å². The normalized spacial score (nSPS) is 12.2. The molecule has 72 heavy (non-hydrogen) atoms. The first-order valence-electron chi connectivity index (χ1n) is 24.6. The molecule has 0 saturated carbocycles. The number of fused-ring (bicyclic) bond motifs is 8. The lowest BCUT2D eigenvalue weighted by atomic mass is 9.98. The number of hydrogen-bond donors (Lipinski definition) is 4. The molecule has 0 saturated heterocycles. The molecule has 0 unspecified atom stereocenters. The van der Waals surface area contributed by atoms with E-state index >= 15 is 0 Å². The molecule has 0 aliphatic carbocycles. The summed E-state index contributed by atoms with van der Waals surface area (Å²) in [6.45, 7) is 24.1. The molecule has 0 aromatic carbocycles. The fourth-order valence-electron chi connectivity index (χ4n) is 8.65. The van der Waals surface area contributed by atoms with Gasteiger partial charge in [-0.2, -0.15) is 0 Å². The van der Waals surface area contributed by atoms with Crippen molar-refractivity contribution in [2.45, 2.75) is 81.1 Å². The van der Waals surface area contributed by atoms with Gasteiger partial charge in [-0.1, -0.05) is 25.3 Å². The van der Waals surface area contributed by atoms with Gasteiger partial charge in [0.15, 0.2) is 0 Å². The van der Waals surface area contributed by atoms with Crippen LogP contribution in [0.3, 0.4) is 0 Å². The Bertz CT molecular complexity index is 2740. The molecule has 0 radical (unpaired) electrons. The number of aryl methyl sites for hydroxylation is 2. The van der Waals surface area contributed by atoms with E-state index in [1.807, 2.05) is 58.0 Å². The zero-order valence-corrected chi connectivity index (χ0v) is 43.1. The molecular formula is C54H70N8O10. The number of rotatable bonds is 26. The van der Waals surface area contributed by atoms with Gasteiger partial charge >= 0.3 is 23.9 Å². The summed E-state index contributed by atoms with van der Waals surface area (Å²) in [4.78, 5) is 96.9. The number of allylic oxidation sites excluding steroid dienone is 4. The molecule has 2 amide bonds. The van der Waals surface area contributed by atoms with Gasteiger partial charge in [-0.3, -0.25) is 38.6 Å². The van der Waals surface area contributed by atoms with E-state index in [2.05, 4.69) is 39.8 Å². The van der Waals surface area contributed by atoms with Crippen molar-refractivity contribution in [3.05, 3.63) is 82.5 Å². The largest absolute Gasteiger partial charge is 0.465 e. The Morgan fingerprint density at radius 3 is 1.24 bits per heavy atom. The lowest BCUT2D eigenvalue weighted by Gasteiger charge is -2.20. The Labute approximate surface area is 421 Å². The number of aromatic nitrogens is 4. The number of carbonyl (C=O) groups is 6. The number of aromatic amines is 2. The van der Waals surface area contributed by atoms with Crippen LogP contribution < -0.4 is 10.6 Å². The average molecular weight is 991 g/mol. The van der Waals surface area contributed by atoms with Gasteiger partial charge in [0.25, 0.3) is 0 Å². The molecule has 0 fully saturated rings. The number of amides is 2. The third-order valence-electron chi connectivity index (χ3n) is 12.4. The maximum Gasteiger partial charge on any atom is 0.320 e. The van der Waals surface area contributed by atoms with Crippen LogP contribution in [0.4, 0.5) is 0 Å². The molecule has 3 aromatic rings. The van der Waals surface area contributed by atoms with Crippen LogP contribution in [0.25, 0.3) is 56.5 Å². The summed E-state index contributed by atoms with van der Waals surface area (Å²) in [6, 6.07) is 7.96. The van der Waals surface area contributed by atoms with Gasteiger partial charge in [-0.05, 0) is 126 Å². The van der Waals surface area contributed by atoms with Crippen molar-refractivity contribution in [2.75, 3.05) is 78.8 Å². The summed E-state index contributed by atoms with van der Waals surface area (Å²) in [5.74, 6) is -2.41. The zero-order valence-electron chi connectivity index (χ0n) is 43.1. The van der Waals surface area contributed by atoms with Crippen LogP contribution in [0.2, 0.25) is 0 Å². The lowest BCUT2D eigenvalue weighted by Crippen LogP contribution is -2.41. The second-order valence-corrected chi connectivity index (χ2v) is 17.3. The smallest absolute Gasteiger partial charge is 0.320 e. The first-order chi connectivity index (χ1) is 34.5. The first-order valence-corrected chi connectivity index (χ1v) is 24.6. The summed E-state index contributed by atoms with van der Waals surface area (Å²) < 4.78 is 20.4. The van der Waals surface area contributed by atoms with Crippen molar-refractivity contribution >= 4 is 92.2 Å². The Morgan fingerprint density at radius 2 is 0.875 bits per heavy atom. The molecule has 3 aromatic heterocycles. The van der Waals surface area contributed by atoms with Crippen LogP contribution in [-0.4, -0.2) is 144 Å². The molecule has 4 N–H and O–H groups in total. The Morgan fingerprint density at radius 1 is 0.528 bits per heavy atom. The van der Waals surface area contributed by atoms with Crippen LogP contribution in [0, 0.1) is 13.8 Å². The molecule has 2 aliphatic rings. The van der Waals surface area contributed by atoms with Gasteiger partial charge in [-0.15, -0.1) is 0 Å². The van der Waals surface area contributed by atoms with Crippen LogP contribution >= 0.6 is 0 Å². The molecular weight excluding hydrogens is 921 g/mol. The maximum absolute atomic E-state index is 13.5. The second-order valence-electron chi connectivity index (χ2n) is 17.3. The summed E-state index contributed by atoms with van der Waals surface area (Å²) in [5.41, 5.74) is 13.3. The lowest BCUT2D eigenvalue weighted by molar-refractivity contribution is -0.150. The van der Waals surface area contributed by atoms with Crippen molar-refractivity contribution in [3.63, 3.8) is 0 Å². The molecule has 0 spiro atoms. The topological polar surface area (TPSA) is 227 Å². The highest BCUT2D eigenvalue weighted by atomic mass is 16.5. The Hall–Kier alpha value is -7.18. The summed E-state index contributed by atoms with van der Waals surface area (Å²) >= 11 is 0. The van der Waals surface area contributed by atoms with Crippen LogP contribution in [-0.2, 0) is 47.7 Å². The third kappa shape index (κ3) is 14.9. The van der Waals surface area contributed by atoms with E-state index in [9.17, 15) is 28.8 Å². The van der Waals surface area contributed by atoms with E-state index in [1.54, 1.807) is 37.5 Å². The Kier molecular flexibility index (Phi) is 20.8. The van der Waals surface area contributed by atoms with Gasteiger partial charge in [0.1, 0.15) is 0 Å². The monoisotopic (exact) mass is 991 g/mol. The van der Waals surface area contributed by atoms with E-state index in [-0.39, 0.29) is 103 Å². The molecule has 5 heterocycles. The number of hydrogen-bond acceptors (Lipinski definition) is 14. The van der Waals surface area contributed by atoms with E-state index in [4.69, 9.17) is 28.9 Å². The molecule has 2 aliphatic heterocycles. The maximum atomic E-state index is 13.5. The van der Waals surface area contributed by atoms with E-state index in [0.29, 0.717) is 35.6 Å². The minimum atomic E-state index is -0.485. The predicted octanol–water partition coefficient (Wildman–Crippen LogP) is 6.73. The number of esters is 4. The first kappa shape index (κ1) is 55.7. The van der Waals surface area contributed by atoms with Crippen LogP contribution in [0.1, 0.15) is 112 Å². The number of nitrogens with one attached hydrogen (secondary N) is 4. The molecule has 5 rings (SSSR count). The van der Waals surface area contributed by atoms with Crippen molar-refractivity contribution in [3.8, 4) is 0 Å². The molecule has 18 heteroatoms.